The van der Waals surface area contributed by atoms with Crippen LogP contribution < -0.4 is 10.5 Å². The molecule has 4 N–H and O–H groups in total. The first-order valence-corrected chi connectivity index (χ1v) is 6.08. The first kappa shape index (κ1) is 12.5. The fourth-order valence-electron chi connectivity index (χ4n) is 1.06. The fraction of sp³-hybridized carbons (Fsp3) is 0.200. The molecule has 6 heteroatoms. The topological polar surface area (TPSA) is 92.4 Å². The summed E-state index contributed by atoms with van der Waals surface area (Å²) in [6, 6.07) is 3.35. The van der Waals surface area contributed by atoms with Crippen molar-refractivity contribution in [2.75, 3.05) is 5.73 Å². The summed E-state index contributed by atoms with van der Waals surface area (Å²) in [6.07, 6.45) is 1.47. The van der Waals surface area contributed by atoms with Crippen LogP contribution in [0.25, 0.3) is 0 Å². The lowest BCUT2D eigenvalue weighted by molar-refractivity contribution is 0.477. The average Bonchev–Trinajstić information content (AvgIpc) is 2.21. The van der Waals surface area contributed by atoms with Crippen LogP contribution in [-0.2, 0) is 10.0 Å². The van der Waals surface area contributed by atoms with Gasteiger partial charge in [0.1, 0.15) is 5.75 Å². The van der Waals surface area contributed by atoms with Crippen molar-refractivity contribution in [2.45, 2.75) is 17.9 Å². The van der Waals surface area contributed by atoms with E-state index in [1.165, 1.54) is 24.3 Å². The summed E-state index contributed by atoms with van der Waals surface area (Å²) in [5.41, 5.74) is 5.44. The van der Waals surface area contributed by atoms with E-state index in [1.807, 2.05) is 0 Å². The molecule has 0 aromatic heterocycles. The van der Waals surface area contributed by atoms with Gasteiger partial charge in [0, 0.05) is 6.04 Å². The summed E-state index contributed by atoms with van der Waals surface area (Å²) in [4.78, 5) is 0.0106. The minimum Gasteiger partial charge on any atom is -0.506 e. The number of nitrogens with one attached hydrogen (secondary N) is 1. The van der Waals surface area contributed by atoms with Crippen molar-refractivity contribution >= 4 is 15.7 Å². The molecule has 0 radical (unpaired) electrons. The Balaban J connectivity index is 3.08. The number of hydrogen-bond acceptors (Lipinski definition) is 4. The van der Waals surface area contributed by atoms with Gasteiger partial charge in [-0.2, -0.15) is 0 Å². The summed E-state index contributed by atoms with van der Waals surface area (Å²) in [5.74, 6) is -0.143. The van der Waals surface area contributed by atoms with Crippen LogP contribution in [0.1, 0.15) is 6.92 Å². The molecule has 16 heavy (non-hydrogen) atoms. The number of sulfonamides is 1. The third-order valence-corrected chi connectivity index (χ3v) is 3.56. The molecule has 88 valence electrons. The first-order valence-electron chi connectivity index (χ1n) is 4.60. The molecule has 0 aliphatic carbocycles. The zero-order chi connectivity index (χ0) is 12.3. The van der Waals surface area contributed by atoms with Crippen LogP contribution in [0, 0.1) is 0 Å². The Kier molecular flexibility index (Phi) is 3.56. The van der Waals surface area contributed by atoms with E-state index in [2.05, 4.69) is 11.3 Å². The van der Waals surface area contributed by atoms with E-state index in [4.69, 9.17) is 5.73 Å². The molecule has 0 saturated heterocycles. The van der Waals surface area contributed by atoms with E-state index < -0.39 is 10.0 Å². The van der Waals surface area contributed by atoms with Gasteiger partial charge in [0.2, 0.25) is 10.0 Å². The number of rotatable bonds is 4. The summed E-state index contributed by atoms with van der Waals surface area (Å²) in [5, 5.41) is 9.18. The van der Waals surface area contributed by atoms with E-state index >= 15 is 0 Å². The van der Waals surface area contributed by atoms with Crippen LogP contribution in [-0.4, -0.2) is 19.6 Å². The van der Waals surface area contributed by atoms with Crippen LogP contribution >= 0.6 is 0 Å². The molecule has 0 heterocycles. The number of benzene rings is 1. The van der Waals surface area contributed by atoms with Gasteiger partial charge in [-0.15, -0.1) is 6.58 Å². The van der Waals surface area contributed by atoms with E-state index in [1.54, 1.807) is 6.92 Å². The molecule has 0 spiro atoms. The van der Waals surface area contributed by atoms with Gasteiger partial charge in [0.05, 0.1) is 10.6 Å². The number of aromatic hydroxyl groups is 1. The molecule has 5 nitrogen and oxygen atoms in total. The maximum Gasteiger partial charge on any atom is 0.241 e. The fourth-order valence-corrected chi connectivity index (χ4v) is 2.31. The Hall–Kier alpha value is -1.53. The van der Waals surface area contributed by atoms with Gasteiger partial charge < -0.3 is 10.8 Å². The van der Waals surface area contributed by atoms with Crippen molar-refractivity contribution in [3.63, 3.8) is 0 Å². The molecule has 1 atom stereocenters. The van der Waals surface area contributed by atoms with Gasteiger partial charge in [0.25, 0.3) is 0 Å². The van der Waals surface area contributed by atoms with Gasteiger partial charge >= 0.3 is 0 Å². The van der Waals surface area contributed by atoms with Crippen molar-refractivity contribution in [1.29, 1.82) is 0 Å². The molecule has 1 rings (SSSR count). The first-order chi connectivity index (χ1) is 7.36. The van der Waals surface area contributed by atoms with Crippen LogP contribution in [0.4, 0.5) is 5.69 Å². The quantitative estimate of drug-likeness (QED) is 0.414. The Morgan fingerprint density at radius 1 is 1.56 bits per heavy atom. The van der Waals surface area contributed by atoms with E-state index in [0.29, 0.717) is 0 Å². The molecule has 1 aromatic rings. The third kappa shape index (κ3) is 2.74. The van der Waals surface area contributed by atoms with E-state index in [0.717, 1.165) is 0 Å². The average molecular weight is 242 g/mol. The van der Waals surface area contributed by atoms with Crippen molar-refractivity contribution in [3.05, 3.63) is 30.9 Å². The third-order valence-electron chi connectivity index (χ3n) is 2.00. The molecule has 0 aliphatic rings. The lowest BCUT2D eigenvalue weighted by Crippen LogP contribution is -2.30. The highest BCUT2D eigenvalue weighted by Crippen LogP contribution is 2.23. The minimum absolute atomic E-state index is 0.0106. The molecular formula is C10H14N2O3S. The van der Waals surface area contributed by atoms with Crippen molar-refractivity contribution in [1.82, 2.24) is 4.72 Å². The van der Waals surface area contributed by atoms with Gasteiger partial charge in [-0.25, -0.2) is 13.1 Å². The SMILES string of the molecule is C=CC(C)NS(=O)(=O)c1ccc(O)c(N)c1. The molecule has 0 aliphatic heterocycles. The second kappa shape index (κ2) is 4.54. The smallest absolute Gasteiger partial charge is 0.241 e. The predicted octanol–water partition coefficient (Wildman–Crippen LogP) is 0.827. The van der Waals surface area contributed by atoms with E-state index in [9.17, 15) is 13.5 Å². The monoisotopic (exact) mass is 242 g/mol. The summed E-state index contributed by atoms with van der Waals surface area (Å²) in [6.45, 7) is 5.14. The lowest BCUT2D eigenvalue weighted by atomic mass is 10.3. The normalized spacial score (nSPS) is 13.3. The van der Waals surface area contributed by atoms with Crippen molar-refractivity contribution in [3.8, 4) is 5.75 Å². The highest BCUT2D eigenvalue weighted by Gasteiger charge is 2.16. The Morgan fingerprint density at radius 2 is 2.19 bits per heavy atom. The number of anilines is 1. The van der Waals surface area contributed by atoms with E-state index in [-0.39, 0.29) is 22.4 Å². The summed E-state index contributed by atoms with van der Waals surface area (Å²) < 4.78 is 25.9. The van der Waals surface area contributed by atoms with Crippen LogP contribution in [0.5, 0.6) is 5.75 Å². The second-order valence-corrected chi connectivity index (χ2v) is 5.08. The Bertz CT molecular complexity index is 497. The second-order valence-electron chi connectivity index (χ2n) is 3.37. The number of phenolic OH excluding ortho intramolecular Hbond substituents is 1. The van der Waals surface area contributed by atoms with Gasteiger partial charge in [0.15, 0.2) is 0 Å². The Labute approximate surface area is 94.6 Å². The Morgan fingerprint density at radius 3 is 2.69 bits per heavy atom. The number of nitrogens with two attached hydrogens (primary N) is 1. The van der Waals surface area contributed by atoms with Gasteiger partial charge in [-0.3, -0.25) is 0 Å². The maximum atomic E-state index is 11.8. The maximum absolute atomic E-state index is 11.8. The van der Waals surface area contributed by atoms with Gasteiger partial charge in [-0.05, 0) is 25.1 Å². The largest absolute Gasteiger partial charge is 0.506 e. The molecule has 0 amide bonds. The van der Waals surface area contributed by atoms with Gasteiger partial charge in [-0.1, -0.05) is 6.08 Å². The molecular weight excluding hydrogens is 228 g/mol. The molecule has 1 unspecified atom stereocenters. The number of nitrogen functional groups attached to an aromatic ring is 1. The number of hydrogen-bond donors (Lipinski definition) is 3. The summed E-state index contributed by atoms with van der Waals surface area (Å²) >= 11 is 0. The predicted molar refractivity (Wildman–Crippen MR) is 62.5 cm³/mol. The van der Waals surface area contributed by atoms with Crippen LogP contribution in [0.2, 0.25) is 0 Å². The number of phenols is 1. The van der Waals surface area contributed by atoms with Crippen LogP contribution in [0.3, 0.4) is 0 Å². The highest BCUT2D eigenvalue weighted by molar-refractivity contribution is 7.89. The van der Waals surface area contributed by atoms with Crippen molar-refractivity contribution < 1.29 is 13.5 Å². The molecule has 1 aromatic carbocycles. The van der Waals surface area contributed by atoms with Crippen molar-refractivity contribution in [2.24, 2.45) is 0 Å². The standard InChI is InChI=1S/C10H14N2O3S/c1-3-7(2)12-16(14,15)8-4-5-10(13)9(11)6-8/h3-7,12-13H,1,11H2,2H3. The molecule has 0 saturated carbocycles. The molecule has 0 fully saturated rings. The highest BCUT2D eigenvalue weighted by atomic mass is 32.2. The zero-order valence-corrected chi connectivity index (χ0v) is 9.66. The van der Waals surface area contributed by atoms with Crippen LogP contribution in [0.15, 0.2) is 35.7 Å². The zero-order valence-electron chi connectivity index (χ0n) is 8.84. The molecule has 0 bridgehead atoms. The lowest BCUT2D eigenvalue weighted by Gasteiger charge is -2.10. The summed E-state index contributed by atoms with van der Waals surface area (Å²) in [7, 11) is -3.62. The minimum atomic E-state index is -3.62.